The highest BCUT2D eigenvalue weighted by Crippen LogP contribution is 2.46. The summed E-state index contributed by atoms with van der Waals surface area (Å²) in [5, 5.41) is 3.18. The molecule has 0 spiro atoms. The molecule has 2 aliphatic rings. The topological polar surface area (TPSA) is 68.2 Å². The third-order valence-electron chi connectivity index (χ3n) is 5.81. The van der Waals surface area contributed by atoms with Gasteiger partial charge in [0.15, 0.2) is 0 Å². The molecule has 2 bridgehead atoms. The number of pyridine rings is 1. The van der Waals surface area contributed by atoms with Crippen LogP contribution in [-0.2, 0) is 4.79 Å². The van der Waals surface area contributed by atoms with Crippen molar-refractivity contribution in [3.05, 3.63) is 30.0 Å². The van der Waals surface area contributed by atoms with Crippen molar-refractivity contribution in [2.24, 2.45) is 5.92 Å². The maximum atomic E-state index is 11.3. The van der Waals surface area contributed by atoms with Gasteiger partial charge in [0.25, 0.3) is 0 Å². The Hall–Kier alpha value is -2.54. The predicted molar refractivity (Wildman–Crippen MR) is 105 cm³/mol. The lowest BCUT2D eigenvalue weighted by Gasteiger charge is -2.38. The molecule has 27 heavy (non-hydrogen) atoms. The van der Waals surface area contributed by atoms with Crippen molar-refractivity contribution in [2.75, 3.05) is 12.0 Å². The lowest BCUT2D eigenvalue weighted by Crippen LogP contribution is -2.44. The fourth-order valence-corrected chi connectivity index (χ4v) is 5.59. The molecule has 0 amide bonds. The van der Waals surface area contributed by atoms with Gasteiger partial charge in [-0.1, -0.05) is 0 Å². The van der Waals surface area contributed by atoms with Crippen LogP contribution in [0.2, 0.25) is 0 Å². The van der Waals surface area contributed by atoms with E-state index in [0.29, 0.717) is 18.0 Å². The van der Waals surface area contributed by atoms with Crippen LogP contribution in [-0.4, -0.2) is 40.4 Å². The third-order valence-corrected chi connectivity index (χ3v) is 6.70. The first-order chi connectivity index (χ1) is 13.3. The second kappa shape index (κ2) is 6.56. The molecule has 3 aromatic heterocycles. The molecule has 0 aliphatic carbocycles. The van der Waals surface area contributed by atoms with Crippen LogP contribution in [0.5, 0.6) is 5.88 Å². The Morgan fingerprint density at radius 2 is 2.00 bits per heavy atom. The normalized spacial score (nSPS) is 24.3. The van der Waals surface area contributed by atoms with Crippen LogP contribution in [0, 0.1) is 5.92 Å². The molecule has 2 saturated heterocycles. The van der Waals surface area contributed by atoms with Gasteiger partial charge in [0.2, 0.25) is 5.88 Å². The molecule has 6 nitrogen and oxygen atoms in total. The Morgan fingerprint density at radius 3 is 2.74 bits per heavy atom. The summed E-state index contributed by atoms with van der Waals surface area (Å²) >= 11 is 1.62. The zero-order valence-electron chi connectivity index (χ0n) is 15.0. The van der Waals surface area contributed by atoms with Gasteiger partial charge < -0.3 is 14.4 Å². The predicted octanol–water partition coefficient (Wildman–Crippen LogP) is 3.71. The number of anilines is 1. The van der Waals surface area contributed by atoms with E-state index in [1.165, 1.54) is 0 Å². The summed E-state index contributed by atoms with van der Waals surface area (Å²) in [6, 6.07) is 4.70. The maximum absolute atomic E-state index is 11.3. The number of nitrogens with zero attached hydrogens (tertiary/aromatic N) is 4. The molecular weight excluding hydrogens is 360 g/mol. The number of ether oxygens (including phenoxy) is 1. The number of hydrogen-bond acceptors (Lipinski definition) is 7. The third kappa shape index (κ3) is 2.60. The van der Waals surface area contributed by atoms with Gasteiger partial charge in [-0.2, -0.15) is 0 Å². The number of hydrogen-bond donors (Lipinski definition) is 0. The van der Waals surface area contributed by atoms with Crippen LogP contribution >= 0.6 is 11.3 Å². The number of methoxy groups -OCH3 is 1. The summed E-state index contributed by atoms with van der Waals surface area (Å²) < 4.78 is 5.49. The molecule has 0 radical (unpaired) electrons. The zero-order chi connectivity index (χ0) is 18.4. The SMILES string of the molecule is COc1ncccc1-c1csc2ncnc(N3C4CCC3CC(C=O)C4)c12. The average Bonchev–Trinajstić information content (AvgIpc) is 3.26. The molecular formula is C20H20N4O2S. The molecule has 5 heterocycles. The first-order valence-electron chi connectivity index (χ1n) is 9.25. The molecule has 2 aliphatic heterocycles. The second-order valence-electron chi connectivity index (χ2n) is 7.25. The van der Waals surface area contributed by atoms with E-state index in [0.717, 1.165) is 59.1 Å². The fraction of sp³-hybridized carbons (Fsp3) is 0.400. The van der Waals surface area contributed by atoms with E-state index in [1.54, 1.807) is 31.0 Å². The molecule has 5 rings (SSSR count). The largest absolute Gasteiger partial charge is 0.481 e. The minimum Gasteiger partial charge on any atom is -0.481 e. The molecule has 0 N–H and O–H groups in total. The van der Waals surface area contributed by atoms with Crippen LogP contribution in [0.15, 0.2) is 30.0 Å². The van der Waals surface area contributed by atoms with Crippen molar-refractivity contribution < 1.29 is 9.53 Å². The Labute approximate surface area is 161 Å². The second-order valence-corrected chi connectivity index (χ2v) is 8.10. The van der Waals surface area contributed by atoms with E-state index in [1.807, 2.05) is 12.1 Å². The van der Waals surface area contributed by atoms with Crippen molar-refractivity contribution in [1.82, 2.24) is 15.0 Å². The van der Waals surface area contributed by atoms with Crippen molar-refractivity contribution in [3.8, 4) is 17.0 Å². The minimum absolute atomic E-state index is 0.177. The summed E-state index contributed by atoms with van der Waals surface area (Å²) in [5.41, 5.74) is 2.02. The molecule has 7 heteroatoms. The van der Waals surface area contributed by atoms with Gasteiger partial charge in [-0.3, -0.25) is 0 Å². The van der Waals surface area contributed by atoms with Crippen LogP contribution in [0.4, 0.5) is 5.82 Å². The monoisotopic (exact) mass is 380 g/mol. The number of carbonyl (C=O) groups is 1. The number of aldehydes is 1. The molecule has 2 atom stereocenters. The van der Waals surface area contributed by atoms with Crippen LogP contribution in [0.25, 0.3) is 21.3 Å². The van der Waals surface area contributed by atoms with Gasteiger partial charge in [0, 0.05) is 40.7 Å². The summed E-state index contributed by atoms with van der Waals surface area (Å²) in [4.78, 5) is 28.3. The number of aromatic nitrogens is 3. The standard InChI is InChI=1S/C20H20N4O2S/c1-26-19-15(3-2-6-21-19)16-10-27-20-17(16)18(22-11-23-20)24-13-4-5-14(24)8-12(7-13)9-25/h2-3,6,9-14H,4-5,7-8H2,1H3. The maximum Gasteiger partial charge on any atom is 0.221 e. The average molecular weight is 380 g/mol. The lowest BCUT2D eigenvalue weighted by atomic mass is 9.91. The number of fused-ring (bicyclic) bond motifs is 3. The Bertz CT molecular complexity index is 991. The Morgan fingerprint density at radius 1 is 1.19 bits per heavy atom. The van der Waals surface area contributed by atoms with Crippen molar-refractivity contribution in [3.63, 3.8) is 0 Å². The van der Waals surface area contributed by atoms with E-state index in [9.17, 15) is 4.79 Å². The molecule has 2 unspecified atom stereocenters. The van der Waals surface area contributed by atoms with Crippen LogP contribution in [0.3, 0.4) is 0 Å². The smallest absolute Gasteiger partial charge is 0.221 e. The quantitative estimate of drug-likeness (QED) is 0.643. The van der Waals surface area contributed by atoms with E-state index < -0.39 is 0 Å². The molecule has 3 aromatic rings. The summed E-state index contributed by atoms with van der Waals surface area (Å²) in [6.07, 6.45) is 8.60. The van der Waals surface area contributed by atoms with Crippen LogP contribution in [0.1, 0.15) is 25.7 Å². The number of piperidine rings is 1. The van der Waals surface area contributed by atoms with Gasteiger partial charge in [0.05, 0.1) is 12.5 Å². The minimum atomic E-state index is 0.177. The lowest BCUT2D eigenvalue weighted by molar-refractivity contribution is -0.111. The van der Waals surface area contributed by atoms with E-state index in [4.69, 9.17) is 9.72 Å². The van der Waals surface area contributed by atoms with Crippen molar-refractivity contribution >= 4 is 33.7 Å². The first kappa shape index (κ1) is 16.6. The number of thiophene rings is 1. The number of rotatable bonds is 4. The van der Waals surface area contributed by atoms with Gasteiger partial charge in [-0.05, 0) is 37.8 Å². The Kier molecular flexibility index (Phi) is 4.04. The molecule has 0 aromatic carbocycles. The fourth-order valence-electron chi connectivity index (χ4n) is 4.69. The van der Waals surface area contributed by atoms with E-state index in [-0.39, 0.29) is 5.92 Å². The molecule has 2 fully saturated rings. The van der Waals surface area contributed by atoms with Crippen LogP contribution < -0.4 is 9.64 Å². The van der Waals surface area contributed by atoms with E-state index >= 15 is 0 Å². The number of carbonyl (C=O) groups excluding carboxylic acids is 1. The highest BCUT2D eigenvalue weighted by atomic mass is 32.1. The van der Waals surface area contributed by atoms with Crippen molar-refractivity contribution in [1.29, 1.82) is 0 Å². The highest BCUT2D eigenvalue weighted by molar-refractivity contribution is 7.17. The zero-order valence-corrected chi connectivity index (χ0v) is 15.9. The van der Waals surface area contributed by atoms with Gasteiger partial charge in [-0.25, -0.2) is 15.0 Å². The highest BCUT2D eigenvalue weighted by Gasteiger charge is 2.42. The molecule has 0 saturated carbocycles. The molecule has 138 valence electrons. The van der Waals surface area contributed by atoms with Gasteiger partial charge >= 0.3 is 0 Å². The van der Waals surface area contributed by atoms with Crippen molar-refractivity contribution in [2.45, 2.75) is 37.8 Å². The van der Waals surface area contributed by atoms with E-state index in [2.05, 4.69) is 20.2 Å². The van der Waals surface area contributed by atoms with Gasteiger partial charge in [-0.15, -0.1) is 11.3 Å². The first-order valence-corrected chi connectivity index (χ1v) is 10.1. The summed E-state index contributed by atoms with van der Waals surface area (Å²) in [6.45, 7) is 0. The Balaban J connectivity index is 1.67. The van der Waals surface area contributed by atoms with Gasteiger partial charge in [0.1, 0.15) is 23.3 Å². The summed E-state index contributed by atoms with van der Waals surface area (Å²) in [5.74, 6) is 1.77. The summed E-state index contributed by atoms with van der Waals surface area (Å²) in [7, 11) is 1.64.